The monoisotopic (exact) mass is 581 g/mol. The zero-order valence-corrected chi connectivity index (χ0v) is 29.3. The molecule has 0 spiro atoms. The first-order chi connectivity index (χ1) is 19.6. The van der Waals surface area contributed by atoms with Crippen LogP contribution >= 0.6 is 0 Å². The molecule has 0 aliphatic heterocycles. The van der Waals surface area contributed by atoms with Crippen LogP contribution in [0, 0.1) is 11.8 Å². The van der Waals surface area contributed by atoms with Gasteiger partial charge < -0.3 is 0 Å². The lowest BCUT2D eigenvalue weighted by Gasteiger charge is -2.53. The van der Waals surface area contributed by atoms with Gasteiger partial charge in [-0.3, -0.25) is 4.59 Å². The number of nitrogens with zero attached hydrogens (tertiary/aromatic N) is 2. The van der Waals surface area contributed by atoms with Crippen LogP contribution in [0.3, 0.4) is 0 Å². The molecule has 2 fully saturated rings. The smallest absolute Gasteiger partial charge is 0.190 e. The third-order valence-corrected chi connectivity index (χ3v) is 16.2. The molecule has 3 atom stereocenters. The van der Waals surface area contributed by atoms with Gasteiger partial charge in [-0.05, 0) is 87.1 Å². The highest BCUT2D eigenvalue weighted by Crippen LogP contribution is 2.59. The number of hydrogen-bond acceptors (Lipinski definition) is 1. The molecule has 0 N–H and O–H groups in total. The zero-order valence-electron chi connectivity index (χ0n) is 28.3. The van der Waals surface area contributed by atoms with Gasteiger partial charge in [0.15, 0.2) is 8.24 Å². The maximum absolute atomic E-state index is 3.06. The molecule has 4 aliphatic rings. The first-order valence-corrected chi connectivity index (χ1v) is 19.9. The normalized spacial score (nSPS) is 26.0. The number of allylic oxidation sites excluding steroid dienone is 4. The predicted molar refractivity (Wildman–Crippen MR) is 184 cm³/mol. The Balaban J connectivity index is 1.33. The number of benzene rings is 2. The molecule has 0 radical (unpaired) electrons. The topological polar surface area (TPSA) is 3.24 Å². The van der Waals surface area contributed by atoms with Gasteiger partial charge in [-0.2, -0.15) is 4.67 Å². The van der Waals surface area contributed by atoms with E-state index in [9.17, 15) is 0 Å². The lowest BCUT2D eigenvalue weighted by molar-refractivity contribution is -0.975. The minimum Gasteiger partial charge on any atom is -0.258 e. The quantitative estimate of drug-likeness (QED) is 0.193. The zero-order chi connectivity index (χ0) is 30.2. The fourth-order valence-electron chi connectivity index (χ4n) is 9.69. The van der Waals surface area contributed by atoms with Crippen LogP contribution in [0.2, 0.25) is 18.6 Å². The Morgan fingerprint density at radius 2 is 1.45 bits per heavy atom. The SMILES string of the molecule is CC(C)(C)c1ccc(-c2ccc3c(c2)C(C)(C)C2=CC4C(C=C23)CCC4[Si](C)(C)N(C2CCCCC2)[N+](C)(C)C)cc1. The van der Waals surface area contributed by atoms with E-state index in [-0.39, 0.29) is 10.8 Å². The first-order valence-electron chi connectivity index (χ1n) is 16.9. The van der Waals surface area contributed by atoms with Crippen molar-refractivity contribution in [3.05, 3.63) is 76.9 Å². The summed E-state index contributed by atoms with van der Waals surface area (Å²) in [6.07, 6.45) is 15.3. The van der Waals surface area contributed by atoms with Crippen molar-refractivity contribution < 1.29 is 4.59 Å². The average molecular weight is 582 g/mol. The number of rotatable bonds is 5. The molecule has 0 saturated heterocycles. The van der Waals surface area contributed by atoms with Gasteiger partial charge in [-0.15, -0.1) is 0 Å². The second-order valence-corrected chi connectivity index (χ2v) is 21.5. The molecular formula is C39H57N2Si+. The largest absolute Gasteiger partial charge is 0.258 e. The van der Waals surface area contributed by atoms with E-state index in [2.05, 4.69) is 128 Å². The Morgan fingerprint density at radius 1 is 0.810 bits per heavy atom. The molecule has 2 aromatic rings. The second-order valence-electron chi connectivity index (χ2n) is 17.0. The molecule has 3 unspecified atom stereocenters. The fraction of sp³-hybridized carbons (Fsp3) is 0.590. The van der Waals surface area contributed by atoms with Crippen LogP contribution < -0.4 is 0 Å². The van der Waals surface area contributed by atoms with Gasteiger partial charge in [0.25, 0.3) is 0 Å². The van der Waals surface area contributed by atoms with Gasteiger partial charge in [-0.25, -0.2) is 0 Å². The highest BCUT2D eigenvalue weighted by molar-refractivity contribution is 6.76. The molecule has 226 valence electrons. The van der Waals surface area contributed by atoms with E-state index in [1.54, 1.807) is 11.1 Å². The summed E-state index contributed by atoms with van der Waals surface area (Å²) in [5, 5.41) is 0. The van der Waals surface area contributed by atoms with Crippen LogP contribution in [-0.4, -0.2) is 44.7 Å². The van der Waals surface area contributed by atoms with Crippen molar-refractivity contribution in [1.29, 1.82) is 0 Å². The van der Waals surface area contributed by atoms with E-state index in [4.69, 9.17) is 0 Å². The summed E-state index contributed by atoms with van der Waals surface area (Å²) < 4.78 is 4.05. The maximum atomic E-state index is 3.06. The lowest BCUT2D eigenvalue weighted by atomic mass is 9.76. The Morgan fingerprint density at radius 3 is 2.07 bits per heavy atom. The van der Waals surface area contributed by atoms with Crippen LogP contribution in [-0.2, 0) is 10.8 Å². The fourth-order valence-corrected chi connectivity index (χ4v) is 14.9. The molecule has 2 nitrogen and oxygen atoms in total. The summed E-state index contributed by atoms with van der Waals surface area (Å²) in [6.45, 7) is 17.3. The van der Waals surface area contributed by atoms with Crippen LogP contribution in [0.5, 0.6) is 0 Å². The van der Waals surface area contributed by atoms with Crippen molar-refractivity contribution in [3.63, 3.8) is 0 Å². The van der Waals surface area contributed by atoms with Crippen molar-refractivity contribution in [1.82, 2.24) is 4.67 Å². The van der Waals surface area contributed by atoms with Crippen molar-refractivity contribution >= 4 is 13.8 Å². The van der Waals surface area contributed by atoms with Crippen molar-refractivity contribution in [2.24, 2.45) is 11.8 Å². The van der Waals surface area contributed by atoms with E-state index in [0.717, 1.165) is 16.2 Å². The molecule has 3 heteroatoms. The van der Waals surface area contributed by atoms with Gasteiger partial charge in [0.05, 0.1) is 21.1 Å². The Hall–Kier alpha value is -1.94. The minimum atomic E-state index is -1.74. The van der Waals surface area contributed by atoms with E-state index < -0.39 is 8.24 Å². The Kier molecular flexibility index (Phi) is 7.39. The summed E-state index contributed by atoms with van der Waals surface area (Å²) in [5.41, 5.74) is 11.2. The van der Waals surface area contributed by atoms with E-state index >= 15 is 0 Å². The number of fused-ring (bicyclic) bond motifs is 4. The molecule has 2 saturated carbocycles. The van der Waals surface area contributed by atoms with Crippen molar-refractivity contribution in [3.8, 4) is 11.1 Å². The van der Waals surface area contributed by atoms with E-state index in [1.165, 1.54) is 72.8 Å². The molecule has 6 rings (SSSR count). The molecule has 0 heterocycles. The van der Waals surface area contributed by atoms with Gasteiger partial charge in [0.2, 0.25) is 0 Å². The number of quaternary nitrogens is 1. The van der Waals surface area contributed by atoms with Gasteiger partial charge in [-0.1, -0.05) is 122 Å². The van der Waals surface area contributed by atoms with Gasteiger partial charge in [0, 0.05) is 11.5 Å². The molecule has 0 amide bonds. The van der Waals surface area contributed by atoms with Crippen molar-refractivity contribution in [2.75, 3.05) is 21.1 Å². The van der Waals surface area contributed by atoms with E-state index in [0.29, 0.717) is 11.8 Å². The highest BCUT2D eigenvalue weighted by Gasteiger charge is 2.55. The molecule has 42 heavy (non-hydrogen) atoms. The average Bonchev–Trinajstić information content (AvgIpc) is 3.44. The first kappa shape index (κ1) is 30.1. The summed E-state index contributed by atoms with van der Waals surface area (Å²) in [7, 11) is 5.59. The summed E-state index contributed by atoms with van der Waals surface area (Å²) in [4.78, 5) is 0. The van der Waals surface area contributed by atoms with Gasteiger partial charge >= 0.3 is 0 Å². The van der Waals surface area contributed by atoms with Crippen LogP contribution in [0.15, 0.2) is 60.2 Å². The third kappa shape index (κ3) is 5.02. The Labute approximate surface area is 258 Å². The number of hydrogen-bond donors (Lipinski definition) is 0. The Bertz CT molecular complexity index is 1390. The maximum Gasteiger partial charge on any atom is 0.190 e. The van der Waals surface area contributed by atoms with Crippen LogP contribution in [0.25, 0.3) is 16.7 Å². The predicted octanol–water partition coefficient (Wildman–Crippen LogP) is 10.1. The molecule has 4 aliphatic carbocycles. The second kappa shape index (κ2) is 10.3. The lowest BCUT2D eigenvalue weighted by Crippen LogP contribution is -2.69. The van der Waals surface area contributed by atoms with Crippen LogP contribution in [0.1, 0.15) is 96.3 Å². The molecule has 0 aromatic heterocycles. The highest BCUT2D eigenvalue weighted by atomic mass is 28.3. The van der Waals surface area contributed by atoms with Crippen LogP contribution in [0.4, 0.5) is 0 Å². The summed E-state index contributed by atoms with van der Waals surface area (Å²) in [6, 6.07) is 17.3. The van der Waals surface area contributed by atoms with Crippen molar-refractivity contribution in [2.45, 2.75) is 115 Å². The summed E-state index contributed by atoms with van der Waals surface area (Å²) >= 11 is 0. The standard InChI is InChI=1S/C39H57N2Si/c1-38(2,3)30-20-16-27(17-21-30)28-18-22-32-34-24-29-19-23-37(33(29)26-36(34)39(4,5)35(32)25-28)42(9,10)40(41(6,7)8)31-14-12-11-13-15-31/h16-18,20-22,24-26,29,31,33,37H,11-15,19,23H2,1-10H3/q+1. The molecule has 0 bridgehead atoms. The summed E-state index contributed by atoms with van der Waals surface area (Å²) in [5.74, 6) is 1.37. The van der Waals surface area contributed by atoms with E-state index in [1.807, 2.05) is 0 Å². The van der Waals surface area contributed by atoms with Gasteiger partial charge in [0.1, 0.15) is 0 Å². The third-order valence-electron chi connectivity index (χ3n) is 11.6. The molecule has 2 aromatic carbocycles. The molecular weight excluding hydrogens is 525 g/mol. The minimum absolute atomic E-state index is 0.0372.